The van der Waals surface area contributed by atoms with Gasteiger partial charge in [-0.05, 0) is 6.42 Å². The lowest BCUT2D eigenvalue weighted by Crippen LogP contribution is -2.47. The van der Waals surface area contributed by atoms with Crippen LogP contribution in [0.3, 0.4) is 0 Å². The number of carbonyl (C=O) groups is 1. The number of aliphatic hydroxyl groups is 1. The van der Waals surface area contributed by atoms with Crippen LogP contribution in [0.2, 0.25) is 0 Å². The Balaban J connectivity index is 2.11. The standard InChI is InChI=1S/C11H22N2O3/c1-2-5-13-10(14)8-12-9-11(15)3-6-16-7-4-11/h12,15H,2-9H2,1H3,(H,13,14). The Labute approximate surface area is 96.6 Å². The van der Waals surface area contributed by atoms with Crippen molar-refractivity contribution in [2.45, 2.75) is 31.8 Å². The molecule has 5 heteroatoms. The van der Waals surface area contributed by atoms with Crippen molar-refractivity contribution in [3.05, 3.63) is 0 Å². The van der Waals surface area contributed by atoms with E-state index in [1.165, 1.54) is 0 Å². The highest BCUT2D eigenvalue weighted by atomic mass is 16.5. The molecule has 0 aromatic rings. The van der Waals surface area contributed by atoms with Crippen LogP contribution >= 0.6 is 0 Å². The lowest BCUT2D eigenvalue weighted by molar-refractivity contribution is -0.120. The summed E-state index contributed by atoms with van der Waals surface area (Å²) in [5.41, 5.74) is -0.705. The van der Waals surface area contributed by atoms with Crippen LogP contribution in [-0.2, 0) is 9.53 Å². The summed E-state index contributed by atoms with van der Waals surface area (Å²) in [5, 5.41) is 15.8. The van der Waals surface area contributed by atoms with E-state index < -0.39 is 5.60 Å². The van der Waals surface area contributed by atoms with E-state index in [2.05, 4.69) is 10.6 Å². The van der Waals surface area contributed by atoms with Crippen molar-refractivity contribution in [3.8, 4) is 0 Å². The van der Waals surface area contributed by atoms with Gasteiger partial charge in [0.25, 0.3) is 0 Å². The van der Waals surface area contributed by atoms with Crippen LogP contribution in [0.4, 0.5) is 0 Å². The number of amides is 1. The van der Waals surface area contributed by atoms with Crippen LogP contribution in [0.5, 0.6) is 0 Å². The minimum Gasteiger partial charge on any atom is -0.388 e. The van der Waals surface area contributed by atoms with Gasteiger partial charge in [0.05, 0.1) is 12.1 Å². The van der Waals surface area contributed by atoms with Crippen LogP contribution in [0.15, 0.2) is 0 Å². The molecule has 0 radical (unpaired) electrons. The average Bonchev–Trinajstić information content (AvgIpc) is 2.27. The molecule has 0 saturated carbocycles. The van der Waals surface area contributed by atoms with Crippen LogP contribution in [-0.4, -0.2) is 49.5 Å². The maximum atomic E-state index is 11.3. The van der Waals surface area contributed by atoms with Gasteiger partial charge >= 0.3 is 0 Å². The Morgan fingerprint density at radius 3 is 2.75 bits per heavy atom. The first kappa shape index (κ1) is 13.4. The van der Waals surface area contributed by atoms with Gasteiger partial charge in [-0.25, -0.2) is 0 Å². The molecule has 0 atom stereocenters. The zero-order valence-corrected chi connectivity index (χ0v) is 9.92. The van der Waals surface area contributed by atoms with Crippen LogP contribution < -0.4 is 10.6 Å². The topological polar surface area (TPSA) is 70.6 Å². The van der Waals surface area contributed by atoms with Gasteiger partial charge in [0, 0.05) is 39.1 Å². The number of carbonyl (C=O) groups excluding carboxylic acids is 1. The van der Waals surface area contributed by atoms with Crippen molar-refractivity contribution in [2.75, 3.05) is 32.8 Å². The average molecular weight is 230 g/mol. The zero-order valence-electron chi connectivity index (χ0n) is 9.92. The van der Waals surface area contributed by atoms with E-state index in [1.54, 1.807) is 0 Å². The molecule has 94 valence electrons. The molecule has 1 rings (SSSR count). The largest absolute Gasteiger partial charge is 0.388 e. The fourth-order valence-corrected chi connectivity index (χ4v) is 1.66. The molecule has 0 aliphatic carbocycles. The van der Waals surface area contributed by atoms with E-state index in [4.69, 9.17) is 4.74 Å². The van der Waals surface area contributed by atoms with Gasteiger partial charge in [-0.3, -0.25) is 4.79 Å². The molecule has 1 fully saturated rings. The first-order valence-electron chi connectivity index (χ1n) is 5.94. The van der Waals surface area contributed by atoms with E-state index in [0.717, 1.165) is 6.42 Å². The van der Waals surface area contributed by atoms with Gasteiger partial charge < -0.3 is 20.5 Å². The minimum atomic E-state index is -0.705. The number of ether oxygens (including phenoxy) is 1. The number of nitrogens with one attached hydrogen (secondary N) is 2. The number of hydrogen-bond donors (Lipinski definition) is 3. The fourth-order valence-electron chi connectivity index (χ4n) is 1.66. The Morgan fingerprint density at radius 1 is 1.44 bits per heavy atom. The highest BCUT2D eigenvalue weighted by Gasteiger charge is 2.29. The molecule has 1 heterocycles. The molecular weight excluding hydrogens is 208 g/mol. The fraction of sp³-hybridized carbons (Fsp3) is 0.909. The highest BCUT2D eigenvalue weighted by Crippen LogP contribution is 2.18. The third-order valence-corrected chi connectivity index (χ3v) is 2.74. The van der Waals surface area contributed by atoms with Crippen LogP contribution in [0.1, 0.15) is 26.2 Å². The van der Waals surface area contributed by atoms with E-state index in [0.29, 0.717) is 39.1 Å². The lowest BCUT2D eigenvalue weighted by Gasteiger charge is -2.32. The molecule has 0 aromatic heterocycles. The molecule has 5 nitrogen and oxygen atoms in total. The minimum absolute atomic E-state index is 0.0162. The summed E-state index contributed by atoms with van der Waals surface area (Å²) >= 11 is 0. The quantitative estimate of drug-likeness (QED) is 0.583. The summed E-state index contributed by atoms with van der Waals surface area (Å²) < 4.78 is 5.18. The van der Waals surface area contributed by atoms with Crippen LogP contribution in [0.25, 0.3) is 0 Å². The van der Waals surface area contributed by atoms with Crippen molar-refractivity contribution in [1.82, 2.24) is 10.6 Å². The SMILES string of the molecule is CCCNC(=O)CNCC1(O)CCOCC1. The predicted octanol–water partition coefficient (Wildman–Crippen LogP) is -0.356. The van der Waals surface area contributed by atoms with Crippen molar-refractivity contribution in [1.29, 1.82) is 0 Å². The van der Waals surface area contributed by atoms with Crippen molar-refractivity contribution in [3.63, 3.8) is 0 Å². The Kier molecular flexibility index (Phi) is 5.73. The van der Waals surface area contributed by atoms with E-state index in [-0.39, 0.29) is 12.5 Å². The summed E-state index contributed by atoms with van der Waals surface area (Å²) in [7, 11) is 0. The third-order valence-electron chi connectivity index (χ3n) is 2.74. The second kappa shape index (κ2) is 6.83. The highest BCUT2D eigenvalue weighted by molar-refractivity contribution is 5.77. The van der Waals surface area contributed by atoms with Gasteiger partial charge in [-0.15, -0.1) is 0 Å². The van der Waals surface area contributed by atoms with Crippen molar-refractivity contribution >= 4 is 5.91 Å². The summed E-state index contributed by atoms with van der Waals surface area (Å²) in [5.74, 6) is -0.0162. The van der Waals surface area contributed by atoms with E-state index in [9.17, 15) is 9.90 Å². The Morgan fingerprint density at radius 2 is 2.12 bits per heavy atom. The van der Waals surface area contributed by atoms with Gasteiger partial charge in [0.15, 0.2) is 0 Å². The molecule has 1 aliphatic heterocycles. The summed E-state index contributed by atoms with van der Waals surface area (Å²) in [6.07, 6.45) is 2.21. The van der Waals surface area contributed by atoms with E-state index in [1.807, 2.05) is 6.92 Å². The smallest absolute Gasteiger partial charge is 0.233 e. The van der Waals surface area contributed by atoms with Gasteiger partial charge in [0.2, 0.25) is 5.91 Å². The normalized spacial score (nSPS) is 19.4. The zero-order chi connectivity index (χ0) is 11.9. The Hall–Kier alpha value is -0.650. The van der Waals surface area contributed by atoms with Crippen molar-refractivity contribution < 1.29 is 14.6 Å². The van der Waals surface area contributed by atoms with Crippen LogP contribution in [0, 0.1) is 0 Å². The molecule has 3 N–H and O–H groups in total. The summed E-state index contributed by atoms with van der Waals surface area (Å²) in [6.45, 7) is 4.64. The first-order chi connectivity index (χ1) is 7.66. The monoisotopic (exact) mass is 230 g/mol. The Bertz CT molecular complexity index is 215. The molecule has 1 amide bonds. The van der Waals surface area contributed by atoms with Crippen molar-refractivity contribution in [2.24, 2.45) is 0 Å². The number of rotatable bonds is 6. The summed E-state index contributed by atoms with van der Waals surface area (Å²) in [6, 6.07) is 0. The van der Waals surface area contributed by atoms with E-state index >= 15 is 0 Å². The van der Waals surface area contributed by atoms with Gasteiger partial charge in [0.1, 0.15) is 0 Å². The maximum absolute atomic E-state index is 11.3. The second-order valence-electron chi connectivity index (χ2n) is 4.29. The summed E-state index contributed by atoms with van der Waals surface area (Å²) in [4.78, 5) is 11.3. The molecule has 1 aliphatic rings. The molecule has 0 unspecified atom stereocenters. The number of hydrogen-bond acceptors (Lipinski definition) is 4. The predicted molar refractivity (Wildman–Crippen MR) is 61.2 cm³/mol. The molecule has 0 aromatic carbocycles. The molecule has 1 saturated heterocycles. The third kappa shape index (κ3) is 4.92. The maximum Gasteiger partial charge on any atom is 0.233 e. The molecule has 16 heavy (non-hydrogen) atoms. The molecular formula is C11H22N2O3. The van der Waals surface area contributed by atoms with Gasteiger partial charge in [-0.1, -0.05) is 6.92 Å². The molecule has 0 bridgehead atoms. The molecule has 0 spiro atoms. The lowest BCUT2D eigenvalue weighted by atomic mass is 9.94. The first-order valence-corrected chi connectivity index (χ1v) is 5.94. The van der Waals surface area contributed by atoms with Gasteiger partial charge in [-0.2, -0.15) is 0 Å². The second-order valence-corrected chi connectivity index (χ2v) is 4.29.